The van der Waals surface area contributed by atoms with E-state index in [2.05, 4.69) is 16.0 Å². The predicted octanol–water partition coefficient (Wildman–Crippen LogP) is 2.48. The van der Waals surface area contributed by atoms with Crippen molar-refractivity contribution in [3.8, 4) is 0 Å². The first-order valence-electron chi connectivity index (χ1n) is 6.35. The quantitative estimate of drug-likeness (QED) is 0.874. The number of H-pyrrole nitrogens is 1. The van der Waals surface area contributed by atoms with Crippen molar-refractivity contribution in [3.05, 3.63) is 42.2 Å². The third kappa shape index (κ3) is 2.66. The molecule has 1 aliphatic heterocycles. The smallest absolute Gasteiger partial charge is 0.237 e. The standard InChI is InChI=1S/C14H15N3OS/c18-13(10-19-14-15-7-8-16-14)17-9-3-5-11-4-1-2-6-12(11)17/h1-2,4,6-8H,3,5,9-10H2,(H,15,16). The maximum atomic E-state index is 12.3. The Morgan fingerprint density at radius 2 is 2.32 bits per heavy atom. The largest absolute Gasteiger partial charge is 0.340 e. The van der Waals surface area contributed by atoms with Gasteiger partial charge in [-0.05, 0) is 24.5 Å². The fraction of sp³-hybridized carbons (Fsp3) is 0.286. The molecule has 1 aliphatic rings. The topological polar surface area (TPSA) is 49.0 Å². The summed E-state index contributed by atoms with van der Waals surface area (Å²) in [6, 6.07) is 8.16. The summed E-state index contributed by atoms with van der Waals surface area (Å²) in [4.78, 5) is 21.3. The molecule has 0 saturated carbocycles. The Morgan fingerprint density at radius 1 is 1.42 bits per heavy atom. The van der Waals surface area contributed by atoms with Crippen LogP contribution in [0.25, 0.3) is 0 Å². The molecule has 98 valence electrons. The number of anilines is 1. The van der Waals surface area contributed by atoms with E-state index in [4.69, 9.17) is 0 Å². The number of para-hydroxylation sites is 1. The molecular weight excluding hydrogens is 258 g/mol. The number of carbonyl (C=O) groups excluding carboxylic acids is 1. The first kappa shape index (κ1) is 12.3. The number of thioether (sulfide) groups is 1. The van der Waals surface area contributed by atoms with E-state index < -0.39 is 0 Å². The van der Waals surface area contributed by atoms with Crippen LogP contribution in [0, 0.1) is 0 Å². The van der Waals surface area contributed by atoms with Crippen molar-refractivity contribution in [2.75, 3.05) is 17.2 Å². The third-order valence-electron chi connectivity index (χ3n) is 3.22. The van der Waals surface area contributed by atoms with Gasteiger partial charge in [-0.15, -0.1) is 0 Å². The molecule has 0 unspecified atom stereocenters. The molecule has 0 fully saturated rings. The summed E-state index contributed by atoms with van der Waals surface area (Å²) in [5, 5.41) is 0.790. The molecule has 0 atom stereocenters. The lowest BCUT2D eigenvalue weighted by molar-refractivity contribution is -0.116. The number of hydrogen-bond donors (Lipinski definition) is 1. The normalized spacial score (nSPS) is 14.2. The monoisotopic (exact) mass is 273 g/mol. The Kier molecular flexibility index (Phi) is 3.55. The maximum Gasteiger partial charge on any atom is 0.237 e. The molecule has 0 radical (unpaired) electrons. The highest BCUT2D eigenvalue weighted by molar-refractivity contribution is 7.99. The van der Waals surface area contributed by atoms with E-state index in [-0.39, 0.29) is 5.91 Å². The second-order valence-corrected chi connectivity index (χ2v) is 5.42. The van der Waals surface area contributed by atoms with Gasteiger partial charge in [0, 0.05) is 24.6 Å². The molecule has 0 spiro atoms. The van der Waals surface area contributed by atoms with Crippen LogP contribution in [-0.2, 0) is 11.2 Å². The average Bonchev–Trinajstić information content (AvgIpc) is 2.97. The van der Waals surface area contributed by atoms with E-state index in [0.29, 0.717) is 5.75 Å². The van der Waals surface area contributed by atoms with E-state index in [1.165, 1.54) is 17.3 Å². The number of carbonyl (C=O) groups is 1. The van der Waals surface area contributed by atoms with Gasteiger partial charge in [-0.1, -0.05) is 30.0 Å². The third-order valence-corrected chi connectivity index (χ3v) is 4.10. The van der Waals surface area contributed by atoms with Crippen molar-refractivity contribution in [2.24, 2.45) is 0 Å². The van der Waals surface area contributed by atoms with E-state index in [1.807, 2.05) is 23.1 Å². The number of aromatic nitrogens is 2. The van der Waals surface area contributed by atoms with Crippen molar-refractivity contribution in [1.29, 1.82) is 0 Å². The lowest BCUT2D eigenvalue weighted by atomic mass is 10.0. The number of nitrogens with one attached hydrogen (secondary N) is 1. The van der Waals surface area contributed by atoms with Crippen LogP contribution in [0.3, 0.4) is 0 Å². The first-order chi connectivity index (χ1) is 9.34. The minimum absolute atomic E-state index is 0.147. The van der Waals surface area contributed by atoms with Crippen LogP contribution in [0.4, 0.5) is 5.69 Å². The Morgan fingerprint density at radius 3 is 3.16 bits per heavy atom. The molecule has 4 nitrogen and oxygen atoms in total. The molecular formula is C14H15N3OS. The predicted molar refractivity (Wildman–Crippen MR) is 76.4 cm³/mol. The molecule has 0 bridgehead atoms. The Bertz CT molecular complexity index is 568. The minimum Gasteiger partial charge on any atom is -0.340 e. The summed E-state index contributed by atoms with van der Waals surface area (Å²) in [5.74, 6) is 0.565. The highest BCUT2D eigenvalue weighted by atomic mass is 32.2. The van der Waals surface area contributed by atoms with Crippen molar-refractivity contribution >= 4 is 23.4 Å². The summed E-state index contributed by atoms with van der Waals surface area (Å²) in [6.07, 6.45) is 5.56. The molecule has 5 heteroatoms. The van der Waals surface area contributed by atoms with Crippen molar-refractivity contribution in [3.63, 3.8) is 0 Å². The molecule has 19 heavy (non-hydrogen) atoms. The molecule has 1 aromatic carbocycles. The number of imidazole rings is 1. The van der Waals surface area contributed by atoms with Crippen molar-refractivity contribution < 1.29 is 4.79 Å². The van der Waals surface area contributed by atoms with Crippen LogP contribution in [0.5, 0.6) is 0 Å². The second-order valence-electron chi connectivity index (χ2n) is 4.46. The van der Waals surface area contributed by atoms with Gasteiger partial charge in [-0.2, -0.15) is 0 Å². The van der Waals surface area contributed by atoms with Gasteiger partial charge in [0.05, 0.1) is 5.75 Å². The Labute approximate surface area is 116 Å². The highest BCUT2D eigenvalue weighted by Crippen LogP contribution is 2.27. The van der Waals surface area contributed by atoms with Crippen LogP contribution in [-0.4, -0.2) is 28.2 Å². The number of nitrogens with zero attached hydrogens (tertiary/aromatic N) is 2. The van der Waals surface area contributed by atoms with E-state index >= 15 is 0 Å². The summed E-state index contributed by atoms with van der Waals surface area (Å²) in [6.45, 7) is 0.814. The number of aryl methyl sites for hydroxylation is 1. The number of amides is 1. The van der Waals surface area contributed by atoms with E-state index in [9.17, 15) is 4.79 Å². The fourth-order valence-electron chi connectivity index (χ4n) is 2.33. The molecule has 0 aliphatic carbocycles. The van der Waals surface area contributed by atoms with Gasteiger partial charge in [0.15, 0.2) is 5.16 Å². The first-order valence-corrected chi connectivity index (χ1v) is 7.33. The van der Waals surface area contributed by atoms with Gasteiger partial charge in [0.25, 0.3) is 0 Å². The molecule has 2 heterocycles. The van der Waals surface area contributed by atoms with Gasteiger partial charge in [0.1, 0.15) is 0 Å². The van der Waals surface area contributed by atoms with Crippen LogP contribution in [0.2, 0.25) is 0 Å². The second kappa shape index (κ2) is 5.48. The molecule has 2 aromatic rings. The van der Waals surface area contributed by atoms with Gasteiger partial charge < -0.3 is 9.88 Å². The zero-order valence-electron chi connectivity index (χ0n) is 10.5. The molecule has 1 N–H and O–H groups in total. The van der Waals surface area contributed by atoms with Gasteiger partial charge in [-0.25, -0.2) is 4.98 Å². The summed E-state index contributed by atoms with van der Waals surface area (Å²) < 4.78 is 0. The van der Waals surface area contributed by atoms with Crippen LogP contribution in [0.15, 0.2) is 41.8 Å². The number of aromatic amines is 1. The Hall–Kier alpha value is -1.75. The van der Waals surface area contributed by atoms with Crippen molar-refractivity contribution in [2.45, 2.75) is 18.0 Å². The molecule has 1 aromatic heterocycles. The maximum absolute atomic E-state index is 12.3. The number of fused-ring (bicyclic) bond motifs is 1. The lowest BCUT2D eigenvalue weighted by Gasteiger charge is -2.29. The van der Waals surface area contributed by atoms with Crippen LogP contribution < -0.4 is 4.90 Å². The summed E-state index contributed by atoms with van der Waals surface area (Å²) in [5.41, 5.74) is 2.34. The van der Waals surface area contributed by atoms with Crippen LogP contribution >= 0.6 is 11.8 Å². The zero-order valence-corrected chi connectivity index (χ0v) is 11.3. The number of rotatable bonds is 3. The van der Waals surface area contributed by atoms with Gasteiger partial charge in [-0.3, -0.25) is 4.79 Å². The highest BCUT2D eigenvalue weighted by Gasteiger charge is 2.22. The molecule has 3 rings (SSSR count). The fourth-order valence-corrected chi connectivity index (χ4v) is 3.03. The molecule has 0 saturated heterocycles. The number of benzene rings is 1. The summed E-state index contributed by atoms with van der Waals surface area (Å²) in [7, 11) is 0. The van der Waals surface area contributed by atoms with Gasteiger partial charge >= 0.3 is 0 Å². The average molecular weight is 273 g/mol. The number of hydrogen-bond acceptors (Lipinski definition) is 3. The van der Waals surface area contributed by atoms with E-state index in [1.54, 1.807) is 12.4 Å². The molecule has 1 amide bonds. The van der Waals surface area contributed by atoms with Crippen LogP contribution in [0.1, 0.15) is 12.0 Å². The van der Waals surface area contributed by atoms with Crippen molar-refractivity contribution in [1.82, 2.24) is 9.97 Å². The summed E-state index contributed by atoms with van der Waals surface area (Å²) >= 11 is 1.45. The minimum atomic E-state index is 0.147. The zero-order chi connectivity index (χ0) is 13.1. The SMILES string of the molecule is O=C(CSc1ncc[nH]1)N1CCCc2ccccc21. The van der Waals surface area contributed by atoms with Gasteiger partial charge in [0.2, 0.25) is 5.91 Å². The Balaban J connectivity index is 1.71. The van der Waals surface area contributed by atoms with E-state index in [0.717, 1.165) is 30.2 Å². The lowest BCUT2D eigenvalue weighted by Crippen LogP contribution is -2.36.